The van der Waals surface area contributed by atoms with Crippen LogP contribution in [-0.4, -0.2) is 30.1 Å². The van der Waals surface area contributed by atoms with Crippen LogP contribution in [0.4, 0.5) is 0 Å². The molecule has 0 aliphatic carbocycles. The summed E-state index contributed by atoms with van der Waals surface area (Å²) in [5.41, 5.74) is 2.41. The van der Waals surface area contributed by atoms with E-state index in [1.165, 1.54) is 0 Å². The van der Waals surface area contributed by atoms with Crippen molar-refractivity contribution in [2.75, 3.05) is 13.1 Å². The highest BCUT2D eigenvalue weighted by Gasteiger charge is 2.15. The molecule has 2 rings (SSSR count). The molecule has 0 fully saturated rings. The average molecular weight is 329 g/mol. The first-order chi connectivity index (χ1) is 11.5. The summed E-state index contributed by atoms with van der Waals surface area (Å²) in [6.45, 7) is 6.67. The monoisotopic (exact) mass is 329 g/mol. The summed E-state index contributed by atoms with van der Waals surface area (Å²) in [5, 5.41) is 9.37. The van der Waals surface area contributed by atoms with Crippen LogP contribution in [0.1, 0.15) is 58.4 Å². The fourth-order valence-electron chi connectivity index (χ4n) is 2.16. The second kappa shape index (κ2) is 8.29. The topological polar surface area (TPSA) is 84.2 Å². The molecule has 0 spiro atoms. The summed E-state index contributed by atoms with van der Waals surface area (Å²) in [7, 11) is 0. The van der Waals surface area contributed by atoms with E-state index in [9.17, 15) is 9.59 Å². The van der Waals surface area contributed by atoms with Crippen LogP contribution < -0.4 is 10.6 Å². The first kappa shape index (κ1) is 17.7. The molecule has 0 aliphatic heterocycles. The Kier molecular flexibility index (Phi) is 6.12. The zero-order chi connectivity index (χ0) is 17.5. The number of hydrogen-bond donors (Lipinski definition) is 2. The summed E-state index contributed by atoms with van der Waals surface area (Å²) in [6, 6.07) is 9.01. The molecule has 0 aliphatic rings. The second-order valence-electron chi connectivity index (χ2n) is 5.81. The lowest BCUT2D eigenvalue weighted by Gasteiger charge is -2.06. The summed E-state index contributed by atoms with van der Waals surface area (Å²) in [4.78, 5) is 23.9. The van der Waals surface area contributed by atoms with Crippen molar-refractivity contribution in [3.8, 4) is 0 Å². The van der Waals surface area contributed by atoms with E-state index in [1.807, 2.05) is 32.0 Å². The average Bonchev–Trinajstić information content (AvgIpc) is 3.07. The van der Waals surface area contributed by atoms with Crippen molar-refractivity contribution in [2.24, 2.45) is 0 Å². The maximum absolute atomic E-state index is 12.0. The van der Waals surface area contributed by atoms with E-state index >= 15 is 0 Å². The van der Waals surface area contributed by atoms with Crippen molar-refractivity contribution < 1.29 is 14.1 Å². The number of benzene rings is 1. The Morgan fingerprint density at radius 3 is 2.54 bits per heavy atom. The van der Waals surface area contributed by atoms with Gasteiger partial charge in [0.25, 0.3) is 11.8 Å². The molecule has 6 nitrogen and oxygen atoms in total. The van der Waals surface area contributed by atoms with E-state index in [0.29, 0.717) is 18.7 Å². The minimum atomic E-state index is -0.332. The van der Waals surface area contributed by atoms with Crippen LogP contribution in [-0.2, 0) is 0 Å². The van der Waals surface area contributed by atoms with Gasteiger partial charge in [-0.05, 0) is 25.5 Å². The highest BCUT2D eigenvalue weighted by Crippen LogP contribution is 2.17. The van der Waals surface area contributed by atoms with Gasteiger partial charge in [0.05, 0.1) is 5.69 Å². The Morgan fingerprint density at radius 2 is 1.88 bits per heavy atom. The number of rotatable bonds is 7. The molecule has 2 N–H and O–H groups in total. The van der Waals surface area contributed by atoms with Crippen molar-refractivity contribution in [3.63, 3.8) is 0 Å². The maximum atomic E-state index is 12.0. The van der Waals surface area contributed by atoms with Gasteiger partial charge in [-0.25, -0.2) is 0 Å². The summed E-state index contributed by atoms with van der Waals surface area (Å²) >= 11 is 0. The lowest BCUT2D eigenvalue weighted by molar-refractivity contribution is 0.0903. The van der Waals surface area contributed by atoms with Gasteiger partial charge in [-0.3, -0.25) is 9.59 Å². The molecule has 24 heavy (non-hydrogen) atoms. The highest BCUT2D eigenvalue weighted by molar-refractivity contribution is 5.94. The minimum Gasteiger partial charge on any atom is -0.351 e. The van der Waals surface area contributed by atoms with Crippen molar-refractivity contribution in [3.05, 3.63) is 52.9 Å². The van der Waals surface area contributed by atoms with E-state index < -0.39 is 0 Å². The number of aromatic nitrogens is 1. The van der Waals surface area contributed by atoms with Crippen LogP contribution in [0.15, 0.2) is 34.9 Å². The van der Waals surface area contributed by atoms with Gasteiger partial charge in [-0.2, -0.15) is 0 Å². The van der Waals surface area contributed by atoms with E-state index in [-0.39, 0.29) is 23.5 Å². The molecule has 6 heteroatoms. The van der Waals surface area contributed by atoms with E-state index in [2.05, 4.69) is 22.7 Å². The fraction of sp³-hybridized carbons (Fsp3) is 0.389. The van der Waals surface area contributed by atoms with Crippen molar-refractivity contribution in [2.45, 2.75) is 33.1 Å². The first-order valence-corrected chi connectivity index (χ1v) is 8.11. The number of carbonyl (C=O) groups is 2. The molecule has 1 aromatic carbocycles. The molecule has 0 radical (unpaired) electrons. The molecular formula is C18H23N3O3. The zero-order valence-corrected chi connectivity index (χ0v) is 14.3. The van der Waals surface area contributed by atoms with E-state index in [4.69, 9.17) is 4.52 Å². The lowest BCUT2D eigenvalue weighted by atomic mass is 10.1. The van der Waals surface area contributed by atoms with Crippen molar-refractivity contribution >= 4 is 11.8 Å². The molecule has 1 atom stereocenters. The van der Waals surface area contributed by atoms with Crippen LogP contribution in [0.5, 0.6) is 0 Å². The SMILES string of the molecule is CCC(C)c1cc(C(=O)NCCNC(=O)c2cccc(C)c2)on1. The third kappa shape index (κ3) is 4.68. The van der Waals surface area contributed by atoms with Crippen molar-refractivity contribution in [1.29, 1.82) is 0 Å². The Labute approximate surface area is 141 Å². The second-order valence-corrected chi connectivity index (χ2v) is 5.81. The Hall–Kier alpha value is -2.63. The predicted octanol–water partition coefficient (Wildman–Crippen LogP) is 2.66. The van der Waals surface area contributed by atoms with E-state index in [0.717, 1.165) is 17.7 Å². The van der Waals surface area contributed by atoms with Crippen LogP contribution in [0.3, 0.4) is 0 Å². The lowest BCUT2D eigenvalue weighted by Crippen LogP contribution is -2.34. The highest BCUT2D eigenvalue weighted by atomic mass is 16.5. The zero-order valence-electron chi connectivity index (χ0n) is 14.3. The van der Waals surface area contributed by atoms with E-state index in [1.54, 1.807) is 12.1 Å². The molecule has 0 saturated heterocycles. The van der Waals surface area contributed by atoms with Gasteiger partial charge in [0.1, 0.15) is 0 Å². The van der Waals surface area contributed by atoms with Gasteiger partial charge in [0.2, 0.25) is 5.76 Å². The smallest absolute Gasteiger partial charge is 0.289 e. The molecule has 1 aromatic heterocycles. The van der Waals surface area contributed by atoms with Crippen LogP contribution in [0.2, 0.25) is 0 Å². The third-order valence-corrected chi connectivity index (χ3v) is 3.85. The molecule has 1 unspecified atom stereocenters. The number of nitrogens with zero attached hydrogens (tertiary/aromatic N) is 1. The molecule has 0 bridgehead atoms. The van der Waals surface area contributed by atoms with Gasteiger partial charge in [-0.15, -0.1) is 0 Å². The number of carbonyl (C=O) groups excluding carboxylic acids is 2. The molecular weight excluding hydrogens is 306 g/mol. The minimum absolute atomic E-state index is 0.160. The number of hydrogen-bond acceptors (Lipinski definition) is 4. The maximum Gasteiger partial charge on any atom is 0.289 e. The van der Waals surface area contributed by atoms with Gasteiger partial charge in [0, 0.05) is 30.6 Å². The summed E-state index contributed by atoms with van der Waals surface area (Å²) < 4.78 is 5.06. The van der Waals surface area contributed by atoms with Gasteiger partial charge in [-0.1, -0.05) is 36.7 Å². The predicted molar refractivity (Wildman–Crippen MR) is 91.1 cm³/mol. The Bertz CT molecular complexity index is 709. The van der Waals surface area contributed by atoms with Crippen molar-refractivity contribution in [1.82, 2.24) is 15.8 Å². The summed E-state index contributed by atoms with van der Waals surface area (Å²) in [5.74, 6) is -0.0484. The van der Waals surface area contributed by atoms with Gasteiger partial charge >= 0.3 is 0 Å². The number of nitrogens with one attached hydrogen (secondary N) is 2. The quantitative estimate of drug-likeness (QED) is 0.765. The first-order valence-electron chi connectivity index (χ1n) is 8.11. The normalized spacial score (nSPS) is 11.8. The molecule has 2 amide bonds. The molecule has 0 saturated carbocycles. The fourth-order valence-corrected chi connectivity index (χ4v) is 2.16. The number of aryl methyl sites for hydroxylation is 1. The number of amides is 2. The van der Waals surface area contributed by atoms with Gasteiger partial charge < -0.3 is 15.2 Å². The molecule has 128 valence electrons. The largest absolute Gasteiger partial charge is 0.351 e. The third-order valence-electron chi connectivity index (χ3n) is 3.85. The summed E-state index contributed by atoms with van der Waals surface area (Å²) in [6.07, 6.45) is 0.929. The van der Waals surface area contributed by atoms with Gasteiger partial charge in [0.15, 0.2) is 0 Å². The van der Waals surface area contributed by atoms with Crippen LogP contribution in [0, 0.1) is 6.92 Å². The Balaban J connectivity index is 1.76. The van der Waals surface area contributed by atoms with Crippen LogP contribution >= 0.6 is 0 Å². The standard InChI is InChI=1S/C18H23N3O3/c1-4-13(3)15-11-16(24-21-15)18(23)20-9-8-19-17(22)14-7-5-6-12(2)10-14/h5-7,10-11,13H,4,8-9H2,1-3H3,(H,19,22)(H,20,23). The molecule has 2 aromatic rings. The van der Waals surface area contributed by atoms with Crippen LogP contribution in [0.25, 0.3) is 0 Å². The molecule has 1 heterocycles. The Morgan fingerprint density at radius 1 is 1.17 bits per heavy atom.